The topological polar surface area (TPSA) is 50.1 Å². The largest absolute Gasteiger partial charge is 0.496 e. The average Bonchev–Trinajstić information content (AvgIpc) is 2.49. The van der Waals surface area contributed by atoms with Gasteiger partial charge >= 0.3 is 0 Å². The summed E-state index contributed by atoms with van der Waals surface area (Å²) < 4.78 is 18.1. The standard InChI is InChI=1S/C16H11ClFNO2/c1-21-15-7-4-11(17)8-13(15)14(9-19)16(20)10-2-5-12(18)6-3-10/h2-8,14H,1H3. The third-order valence-corrected chi connectivity index (χ3v) is 3.26. The summed E-state index contributed by atoms with van der Waals surface area (Å²) >= 11 is 5.92. The number of ether oxygens (including phenoxy) is 1. The Morgan fingerprint density at radius 2 is 1.95 bits per heavy atom. The Morgan fingerprint density at radius 1 is 1.29 bits per heavy atom. The first-order chi connectivity index (χ1) is 10.1. The zero-order chi connectivity index (χ0) is 15.4. The zero-order valence-corrected chi connectivity index (χ0v) is 11.9. The molecular formula is C16H11ClFNO2. The van der Waals surface area contributed by atoms with Gasteiger partial charge in [-0.2, -0.15) is 5.26 Å². The summed E-state index contributed by atoms with van der Waals surface area (Å²) in [4.78, 5) is 12.4. The van der Waals surface area contributed by atoms with Gasteiger partial charge in [-0.25, -0.2) is 4.39 Å². The van der Waals surface area contributed by atoms with Crippen molar-refractivity contribution in [2.24, 2.45) is 0 Å². The van der Waals surface area contributed by atoms with Crippen molar-refractivity contribution < 1.29 is 13.9 Å². The van der Waals surface area contributed by atoms with E-state index in [1.54, 1.807) is 12.1 Å². The van der Waals surface area contributed by atoms with Crippen LogP contribution in [0, 0.1) is 17.1 Å². The molecule has 106 valence electrons. The van der Waals surface area contributed by atoms with Crippen LogP contribution in [0.5, 0.6) is 5.75 Å². The predicted molar refractivity (Wildman–Crippen MR) is 77.1 cm³/mol. The van der Waals surface area contributed by atoms with Gasteiger partial charge in [0.25, 0.3) is 0 Å². The lowest BCUT2D eigenvalue weighted by Crippen LogP contribution is -2.12. The lowest BCUT2D eigenvalue weighted by atomic mass is 9.91. The number of benzene rings is 2. The maximum atomic E-state index is 12.9. The van der Waals surface area contributed by atoms with Gasteiger partial charge < -0.3 is 4.74 Å². The first kappa shape index (κ1) is 15.0. The minimum Gasteiger partial charge on any atom is -0.496 e. The van der Waals surface area contributed by atoms with Crippen LogP contribution in [0.3, 0.4) is 0 Å². The van der Waals surface area contributed by atoms with Gasteiger partial charge in [0.1, 0.15) is 17.5 Å². The summed E-state index contributed by atoms with van der Waals surface area (Å²) in [6.07, 6.45) is 0. The third-order valence-electron chi connectivity index (χ3n) is 3.02. The fourth-order valence-corrected chi connectivity index (χ4v) is 2.16. The Kier molecular flexibility index (Phi) is 4.56. The second-order valence-corrected chi connectivity index (χ2v) is 4.76. The molecule has 0 aliphatic rings. The number of Topliss-reactive ketones (excluding diaryl/α,β-unsaturated/α-hetero) is 1. The van der Waals surface area contributed by atoms with E-state index in [0.29, 0.717) is 16.3 Å². The van der Waals surface area contributed by atoms with Gasteiger partial charge in [-0.15, -0.1) is 0 Å². The van der Waals surface area contributed by atoms with Gasteiger partial charge in [0, 0.05) is 16.1 Å². The van der Waals surface area contributed by atoms with E-state index >= 15 is 0 Å². The van der Waals surface area contributed by atoms with Crippen molar-refractivity contribution in [3.8, 4) is 11.8 Å². The van der Waals surface area contributed by atoms with Crippen LogP contribution in [0.1, 0.15) is 21.8 Å². The number of hydrogen-bond donors (Lipinski definition) is 0. The predicted octanol–water partition coefficient (Wildman–Crippen LogP) is 3.98. The average molecular weight is 304 g/mol. The van der Waals surface area contributed by atoms with Crippen molar-refractivity contribution >= 4 is 17.4 Å². The molecule has 0 saturated carbocycles. The number of nitriles is 1. The van der Waals surface area contributed by atoms with E-state index in [4.69, 9.17) is 16.3 Å². The van der Waals surface area contributed by atoms with Crippen molar-refractivity contribution in [3.63, 3.8) is 0 Å². The monoisotopic (exact) mass is 303 g/mol. The van der Waals surface area contributed by atoms with Gasteiger partial charge in [-0.05, 0) is 42.5 Å². The number of methoxy groups -OCH3 is 1. The molecule has 3 nitrogen and oxygen atoms in total. The maximum absolute atomic E-state index is 12.9. The second-order valence-electron chi connectivity index (χ2n) is 4.32. The quantitative estimate of drug-likeness (QED) is 0.803. The molecule has 0 N–H and O–H groups in total. The molecule has 21 heavy (non-hydrogen) atoms. The van der Waals surface area contributed by atoms with Gasteiger partial charge in [0.05, 0.1) is 13.2 Å². The molecule has 2 rings (SSSR count). The molecular weight excluding hydrogens is 293 g/mol. The smallest absolute Gasteiger partial charge is 0.184 e. The van der Waals surface area contributed by atoms with Gasteiger partial charge in [-0.3, -0.25) is 4.79 Å². The highest BCUT2D eigenvalue weighted by atomic mass is 35.5. The molecule has 0 aliphatic heterocycles. The highest BCUT2D eigenvalue weighted by Gasteiger charge is 2.25. The molecule has 2 aromatic rings. The molecule has 1 atom stereocenters. The van der Waals surface area contributed by atoms with Gasteiger partial charge in [0.2, 0.25) is 0 Å². The molecule has 0 fully saturated rings. The Bertz CT molecular complexity index is 707. The van der Waals surface area contributed by atoms with Crippen LogP contribution >= 0.6 is 11.6 Å². The number of nitrogens with zero attached hydrogens (tertiary/aromatic N) is 1. The van der Waals surface area contributed by atoms with E-state index < -0.39 is 17.5 Å². The molecule has 1 unspecified atom stereocenters. The number of carbonyl (C=O) groups is 1. The third kappa shape index (κ3) is 3.21. The van der Waals surface area contributed by atoms with E-state index in [2.05, 4.69) is 0 Å². The molecule has 0 saturated heterocycles. The highest BCUT2D eigenvalue weighted by molar-refractivity contribution is 6.30. The highest BCUT2D eigenvalue weighted by Crippen LogP contribution is 2.31. The molecule has 0 radical (unpaired) electrons. The molecule has 5 heteroatoms. The molecule has 0 spiro atoms. The van der Waals surface area contributed by atoms with Crippen molar-refractivity contribution in [2.75, 3.05) is 7.11 Å². The van der Waals surface area contributed by atoms with Crippen molar-refractivity contribution in [2.45, 2.75) is 5.92 Å². The van der Waals surface area contributed by atoms with Crippen molar-refractivity contribution in [1.29, 1.82) is 5.26 Å². The first-order valence-corrected chi connectivity index (χ1v) is 6.47. The maximum Gasteiger partial charge on any atom is 0.184 e. The lowest BCUT2D eigenvalue weighted by Gasteiger charge is -2.13. The summed E-state index contributed by atoms with van der Waals surface area (Å²) in [5.74, 6) is -1.54. The normalized spacial score (nSPS) is 11.5. The summed E-state index contributed by atoms with van der Waals surface area (Å²) in [6.45, 7) is 0. The number of ketones is 1. The summed E-state index contributed by atoms with van der Waals surface area (Å²) in [5, 5.41) is 9.73. The zero-order valence-electron chi connectivity index (χ0n) is 11.1. The fourth-order valence-electron chi connectivity index (χ4n) is 1.98. The lowest BCUT2D eigenvalue weighted by molar-refractivity contribution is 0.0978. The summed E-state index contributed by atoms with van der Waals surface area (Å²) in [6, 6.07) is 11.7. The van der Waals surface area contributed by atoms with Crippen LogP contribution in [0.25, 0.3) is 0 Å². The Hall–Kier alpha value is -2.38. The van der Waals surface area contributed by atoms with Crippen LogP contribution in [0.4, 0.5) is 4.39 Å². The molecule has 0 bridgehead atoms. The Labute approximate surface area is 126 Å². The van der Waals surface area contributed by atoms with Crippen LogP contribution in [-0.2, 0) is 0 Å². The van der Waals surface area contributed by atoms with Gasteiger partial charge in [-0.1, -0.05) is 11.6 Å². The summed E-state index contributed by atoms with van der Waals surface area (Å²) in [5.41, 5.74) is 0.645. The fraction of sp³-hybridized carbons (Fsp3) is 0.125. The first-order valence-electron chi connectivity index (χ1n) is 6.09. The van der Waals surface area contributed by atoms with Crippen LogP contribution < -0.4 is 4.74 Å². The van der Waals surface area contributed by atoms with Gasteiger partial charge in [0.15, 0.2) is 5.78 Å². The second kappa shape index (κ2) is 6.38. The molecule has 2 aromatic carbocycles. The number of rotatable bonds is 4. The van der Waals surface area contributed by atoms with Crippen LogP contribution in [-0.4, -0.2) is 12.9 Å². The van der Waals surface area contributed by atoms with E-state index in [0.717, 1.165) is 0 Å². The molecule has 0 aliphatic carbocycles. The summed E-state index contributed by atoms with van der Waals surface area (Å²) in [7, 11) is 1.45. The Morgan fingerprint density at radius 3 is 2.52 bits per heavy atom. The Balaban J connectivity index is 2.45. The number of hydrogen-bond acceptors (Lipinski definition) is 3. The van der Waals surface area contributed by atoms with E-state index in [9.17, 15) is 14.4 Å². The van der Waals surface area contributed by atoms with E-state index in [-0.39, 0.29) is 5.56 Å². The minimum absolute atomic E-state index is 0.255. The van der Waals surface area contributed by atoms with E-state index in [1.165, 1.54) is 37.4 Å². The van der Waals surface area contributed by atoms with Crippen LogP contribution in [0.15, 0.2) is 42.5 Å². The number of halogens is 2. The minimum atomic E-state index is -1.07. The van der Waals surface area contributed by atoms with E-state index in [1.807, 2.05) is 6.07 Å². The van der Waals surface area contributed by atoms with Crippen molar-refractivity contribution in [3.05, 3.63) is 64.4 Å². The molecule has 0 aromatic heterocycles. The number of carbonyl (C=O) groups excluding carboxylic acids is 1. The molecule has 0 amide bonds. The molecule has 0 heterocycles. The van der Waals surface area contributed by atoms with Crippen molar-refractivity contribution in [1.82, 2.24) is 0 Å². The SMILES string of the molecule is COc1ccc(Cl)cc1C(C#N)C(=O)c1ccc(F)cc1. The van der Waals surface area contributed by atoms with Crippen LogP contribution in [0.2, 0.25) is 5.02 Å².